The van der Waals surface area contributed by atoms with Crippen LogP contribution in [0.5, 0.6) is 0 Å². The van der Waals surface area contributed by atoms with Crippen molar-refractivity contribution in [1.29, 1.82) is 0 Å². The Labute approximate surface area is 107 Å². The number of rotatable bonds is 12. The number of hydrogen-bond acceptors (Lipinski definition) is 3. The molecule has 0 aliphatic heterocycles. The van der Waals surface area contributed by atoms with Crippen LogP contribution >= 0.6 is 7.37 Å². The third-order valence-corrected chi connectivity index (χ3v) is 5.72. The van der Waals surface area contributed by atoms with Gasteiger partial charge in [0.1, 0.15) is 0 Å². The van der Waals surface area contributed by atoms with Crippen LogP contribution in [0.25, 0.3) is 0 Å². The standard InChI is InChI=1S/C13H30NO2P/c1-3-17(15,4-2)16-13-11-9-7-5-6-8-10-12-14/h3-14H2,1-2H3. The summed E-state index contributed by atoms with van der Waals surface area (Å²) in [4.78, 5) is 0. The van der Waals surface area contributed by atoms with Crippen LogP contribution in [-0.2, 0) is 9.09 Å². The quantitative estimate of drug-likeness (QED) is 0.427. The predicted molar refractivity (Wildman–Crippen MR) is 76.0 cm³/mol. The van der Waals surface area contributed by atoms with Crippen molar-refractivity contribution in [2.24, 2.45) is 5.73 Å². The molecule has 0 atom stereocenters. The van der Waals surface area contributed by atoms with Crippen LogP contribution in [0.15, 0.2) is 0 Å². The molecule has 0 aliphatic carbocycles. The Bertz CT molecular complexity index is 202. The average molecular weight is 263 g/mol. The molecule has 0 aliphatic rings. The van der Waals surface area contributed by atoms with Gasteiger partial charge in [-0.05, 0) is 19.4 Å². The maximum absolute atomic E-state index is 11.9. The first-order valence-electron chi connectivity index (χ1n) is 7.11. The largest absolute Gasteiger partial charge is 0.330 e. The van der Waals surface area contributed by atoms with Crippen LogP contribution in [0.4, 0.5) is 0 Å². The van der Waals surface area contributed by atoms with Crippen LogP contribution < -0.4 is 5.73 Å². The topological polar surface area (TPSA) is 52.3 Å². The van der Waals surface area contributed by atoms with Gasteiger partial charge in [0.25, 0.3) is 0 Å². The fourth-order valence-electron chi connectivity index (χ4n) is 1.77. The van der Waals surface area contributed by atoms with Crippen molar-refractivity contribution < 1.29 is 9.09 Å². The second-order valence-corrected chi connectivity index (χ2v) is 7.70. The molecule has 0 spiro atoms. The van der Waals surface area contributed by atoms with E-state index < -0.39 is 7.37 Å². The zero-order valence-electron chi connectivity index (χ0n) is 11.6. The predicted octanol–water partition coefficient (Wildman–Crippen LogP) is 4.01. The number of nitrogens with two attached hydrogens (primary N) is 1. The lowest BCUT2D eigenvalue weighted by atomic mass is 10.1. The Morgan fingerprint density at radius 1 is 0.882 bits per heavy atom. The number of hydrogen-bond donors (Lipinski definition) is 1. The number of unbranched alkanes of at least 4 members (excludes halogenated alkanes) is 6. The highest BCUT2D eigenvalue weighted by molar-refractivity contribution is 7.58. The first kappa shape index (κ1) is 17.2. The normalized spacial score (nSPS) is 11.9. The first-order chi connectivity index (χ1) is 8.18. The van der Waals surface area contributed by atoms with E-state index in [9.17, 15) is 4.57 Å². The van der Waals surface area contributed by atoms with E-state index in [1.54, 1.807) is 0 Å². The van der Waals surface area contributed by atoms with Gasteiger partial charge in [-0.3, -0.25) is 4.57 Å². The molecule has 0 saturated heterocycles. The van der Waals surface area contributed by atoms with Crippen molar-refractivity contribution in [1.82, 2.24) is 0 Å². The molecule has 104 valence electrons. The summed E-state index contributed by atoms with van der Waals surface area (Å²) in [5.41, 5.74) is 5.43. The second-order valence-electron chi connectivity index (χ2n) is 4.54. The zero-order valence-corrected chi connectivity index (χ0v) is 12.5. The Morgan fingerprint density at radius 2 is 1.35 bits per heavy atom. The van der Waals surface area contributed by atoms with Crippen molar-refractivity contribution in [3.05, 3.63) is 0 Å². The highest BCUT2D eigenvalue weighted by Crippen LogP contribution is 2.45. The summed E-state index contributed by atoms with van der Waals surface area (Å²) in [5, 5.41) is 0. The highest BCUT2D eigenvalue weighted by Gasteiger charge is 2.16. The fraction of sp³-hybridized carbons (Fsp3) is 1.00. The summed E-state index contributed by atoms with van der Waals surface area (Å²) in [6, 6.07) is 0. The molecule has 2 N–H and O–H groups in total. The summed E-state index contributed by atoms with van der Waals surface area (Å²) < 4.78 is 17.4. The molecule has 0 saturated carbocycles. The average Bonchev–Trinajstić information content (AvgIpc) is 2.36. The van der Waals surface area contributed by atoms with Crippen LogP contribution in [0.1, 0.15) is 58.8 Å². The molecule has 0 aromatic rings. The molecule has 0 fully saturated rings. The van der Waals surface area contributed by atoms with Gasteiger partial charge >= 0.3 is 0 Å². The van der Waals surface area contributed by atoms with Gasteiger partial charge in [0, 0.05) is 12.3 Å². The van der Waals surface area contributed by atoms with Crippen LogP contribution in [0.3, 0.4) is 0 Å². The van der Waals surface area contributed by atoms with E-state index in [4.69, 9.17) is 10.3 Å². The molecular weight excluding hydrogens is 233 g/mol. The van der Waals surface area contributed by atoms with Crippen molar-refractivity contribution in [2.75, 3.05) is 25.5 Å². The third kappa shape index (κ3) is 9.82. The van der Waals surface area contributed by atoms with E-state index >= 15 is 0 Å². The molecular formula is C13H30NO2P. The van der Waals surface area contributed by atoms with Gasteiger partial charge in [0.2, 0.25) is 7.37 Å². The first-order valence-corrected chi connectivity index (χ1v) is 9.10. The van der Waals surface area contributed by atoms with Crippen LogP contribution in [0, 0.1) is 0 Å². The minimum absolute atomic E-state index is 0.668. The van der Waals surface area contributed by atoms with E-state index in [2.05, 4.69) is 0 Å². The maximum Gasteiger partial charge on any atom is 0.202 e. The highest BCUT2D eigenvalue weighted by atomic mass is 31.2. The van der Waals surface area contributed by atoms with Gasteiger partial charge in [-0.1, -0.05) is 46.0 Å². The third-order valence-electron chi connectivity index (χ3n) is 3.14. The maximum atomic E-state index is 11.9. The van der Waals surface area contributed by atoms with Crippen LogP contribution in [0.2, 0.25) is 0 Å². The Morgan fingerprint density at radius 3 is 1.82 bits per heavy atom. The molecule has 0 radical (unpaired) electrons. The van der Waals surface area contributed by atoms with E-state index in [1.165, 1.54) is 32.1 Å². The Hall–Kier alpha value is 0.150. The molecule has 0 bridgehead atoms. The molecule has 17 heavy (non-hydrogen) atoms. The summed E-state index contributed by atoms with van der Waals surface area (Å²) in [5.74, 6) is 0. The van der Waals surface area contributed by atoms with E-state index in [-0.39, 0.29) is 0 Å². The van der Waals surface area contributed by atoms with Gasteiger partial charge in [0.05, 0.1) is 6.61 Å². The van der Waals surface area contributed by atoms with E-state index in [0.717, 1.165) is 19.4 Å². The van der Waals surface area contributed by atoms with Gasteiger partial charge in [-0.15, -0.1) is 0 Å². The van der Waals surface area contributed by atoms with Crippen molar-refractivity contribution in [3.8, 4) is 0 Å². The summed E-state index contributed by atoms with van der Waals surface area (Å²) in [6.45, 7) is 5.38. The SMILES string of the molecule is CCP(=O)(CC)OCCCCCCCCCN. The van der Waals surface area contributed by atoms with Crippen LogP contribution in [-0.4, -0.2) is 25.5 Å². The lowest BCUT2D eigenvalue weighted by molar-refractivity contribution is 0.302. The van der Waals surface area contributed by atoms with Gasteiger partial charge in [0.15, 0.2) is 0 Å². The summed E-state index contributed by atoms with van der Waals surface area (Å²) >= 11 is 0. The fourth-order valence-corrected chi connectivity index (χ4v) is 3.04. The summed E-state index contributed by atoms with van der Waals surface area (Å²) in [7, 11) is -2.27. The molecule has 0 unspecified atom stereocenters. The van der Waals surface area contributed by atoms with Crippen molar-refractivity contribution in [2.45, 2.75) is 58.8 Å². The zero-order chi connectivity index (χ0) is 13.0. The molecule has 0 aromatic carbocycles. The van der Waals surface area contributed by atoms with E-state index in [1.807, 2.05) is 13.8 Å². The van der Waals surface area contributed by atoms with Crippen molar-refractivity contribution >= 4 is 7.37 Å². The van der Waals surface area contributed by atoms with E-state index in [0.29, 0.717) is 18.9 Å². The molecule has 0 rings (SSSR count). The smallest absolute Gasteiger partial charge is 0.202 e. The molecule has 0 amide bonds. The molecule has 3 nitrogen and oxygen atoms in total. The lowest BCUT2D eigenvalue weighted by Gasteiger charge is -2.14. The monoisotopic (exact) mass is 263 g/mol. The van der Waals surface area contributed by atoms with Gasteiger partial charge in [-0.25, -0.2) is 0 Å². The Balaban J connectivity index is 3.26. The Kier molecular flexibility index (Phi) is 11.4. The minimum Gasteiger partial charge on any atom is -0.330 e. The minimum atomic E-state index is -2.27. The van der Waals surface area contributed by atoms with Crippen molar-refractivity contribution in [3.63, 3.8) is 0 Å². The van der Waals surface area contributed by atoms with Gasteiger partial charge in [-0.2, -0.15) is 0 Å². The molecule has 0 heterocycles. The molecule has 0 aromatic heterocycles. The summed E-state index contributed by atoms with van der Waals surface area (Å²) in [6.07, 6.45) is 9.82. The second kappa shape index (κ2) is 11.3. The van der Waals surface area contributed by atoms with Gasteiger partial charge < -0.3 is 10.3 Å². The lowest BCUT2D eigenvalue weighted by Crippen LogP contribution is -1.98. The molecule has 4 heteroatoms.